The van der Waals surface area contributed by atoms with Crippen LogP contribution in [0.5, 0.6) is 0 Å². The molecule has 18 heavy (non-hydrogen) atoms. The van der Waals surface area contributed by atoms with Gasteiger partial charge in [0.15, 0.2) is 0 Å². The van der Waals surface area contributed by atoms with Crippen LogP contribution in [-0.2, 0) is 11.3 Å². The lowest BCUT2D eigenvalue weighted by Gasteiger charge is -2.30. The van der Waals surface area contributed by atoms with Crippen LogP contribution in [0.3, 0.4) is 0 Å². The third-order valence-electron chi connectivity index (χ3n) is 3.04. The van der Waals surface area contributed by atoms with Gasteiger partial charge in [-0.25, -0.2) is 0 Å². The van der Waals surface area contributed by atoms with Crippen molar-refractivity contribution in [2.75, 3.05) is 6.61 Å². The molecule has 0 fully saturated rings. The van der Waals surface area contributed by atoms with Crippen LogP contribution in [0.1, 0.15) is 19.4 Å². The molecule has 0 saturated carbocycles. The van der Waals surface area contributed by atoms with E-state index in [0.717, 1.165) is 5.56 Å². The highest BCUT2D eigenvalue weighted by atomic mass is 16.5. The van der Waals surface area contributed by atoms with Gasteiger partial charge in [0.1, 0.15) is 5.60 Å². The standard InChI is InChI=1S/C15H22O3/c1-4-15(3,17)14(16)12(2)10-18-11-13-8-6-5-7-9-13/h4-9,12,14,16-17H,1,10-11H2,2-3H3/t12-,14+,15+/m0/s1. The van der Waals surface area contributed by atoms with Crippen molar-refractivity contribution in [2.24, 2.45) is 5.92 Å². The molecule has 1 aromatic rings. The van der Waals surface area contributed by atoms with E-state index in [1.807, 2.05) is 37.3 Å². The number of ether oxygens (including phenoxy) is 1. The molecule has 0 radical (unpaired) electrons. The molecule has 100 valence electrons. The van der Waals surface area contributed by atoms with Crippen molar-refractivity contribution in [2.45, 2.75) is 32.2 Å². The number of hydrogen-bond donors (Lipinski definition) is 2. The molecule has 3 nitrogen and oxygen atoms in total. The van der Waals surface area contributed by atoms with Crippen LogP contribution in [0.15, 0.2) is 43.0 Å². The van der Waals surface area contributed by atoms with Crippen LogP contribution in [0.4, 0.5) is 0 Å². The number of aliphatic hydroxyl groups is 2. The van der Waals surface area contributed by atoms with Crippen LogP contribution >= 0.6 is 0 Å². The Labute approximate surface area is 109 Å². The lowest BCUT2D eigenvalue weighted by atomic mass is 9.90. The van der Waals surface area contributed by atoms with Crippen LogP contribution in [0, 0.1) is 5.92 Å². The van der Waals surface area contributed by atoms with Gasteiger partial charge in [-0.1, -0.05) is 43.3 Å². The molecular formula is C15H22O3. The molecule has 0 aromatic heterocycles. The normalized spacial score (nSPS) is 17.8. The first-order valence-corrected chi connectivity index (χ1v) is 6.13. The van der Waals surface area contributed by atoms with Crippen LogP contribution < -0.4 is 0 Å². The zero-order chi connectivity index (χ0) is 13.6. The molecule has 0 aliphatic heterocycles. The van der Waals surface area contributed by atoms with Gasteiger partial charge in [0.2, 0.25) is 0 Å². The minimum atomic E-state index is -1.28. The van der Waals surface area contributed by atoms with E-state index in [0.29, 0.717) is 13.2 Å². The Morgan fingerprint density at radius 2 is 2.00 bits per heavy atom. The molecule has 0 amide bonds. The molecule has 1 rings (SSSR count). The summed E-state index contributed by atoms with van der Waals surface area (Å²) in [5.74, 6) is -0.165. The Morgan fingerprint density at radius 1 is 1.39 bits per heavy atom. The van der Waals surface area contributed by atoms with Crippen molar-refractivity contribution >= 4 is 0 Å². The van der Waals surface area contributed by atoms with E-state index in [2.05, 4.69) is 6.58 Å². The Hall–Kier alpha value is -1.16. The minimum absolute atomic E-state index is 0.165. The SMILES string of the molecule is C=C[C@@](C)(O)[C@H](O)[C@@H](C)COCc1ccccc1. The maximum Gasteiger partial charge on any atom is 0.106 e. The summed E-state index contributed by atoms with van der Waals surface area (Å²) >= 11 is 0. The molecule has 0 saturated heterocycles. The number of hydrogen-bond acceptors (Lipinski definition) is 3. The van der Waals surface area contributed by atoms with E-state index < -0.39 is 11.7 Å². The molecule has 0 spiro atoms. The van der Waals surface area contributed by atoms with E-state index in [4.69, 9.17) is 4.74 Å². The van der Waals surface area contributed by atoms with Crippen molar-refractivity contribution in [1.82, 2.24) is 0 Å². The first-order valence-electron chi connectivity index (χ1n) is 6.13. The van der Waals surface area contributed by atoms with Gasteiger partial charge in [-0.15, -0.1) is 6.58 Å². The summed E-state index contributed by atoms with van der Waals surface area (Å²) in [6.07, 6.45) is 0.469. The summed E-state index contributed by atoms with van der Waals surface area (Å²) in [7, 11) is 0. The summed E-state index contributed by atoms with van der Waals surface area (Å²) in [5.41, 5.74) is -0.190. The Bertz CT molecular complexity index is 359. The lowest BCUT2D eigenvalue weighted by molar-refractivity contribution is -0.0733. The van der Waals surface area contributed by atoms with Gasteiger partial charge in [-0.2, -0.15) is 0 Å². The fraction of sp³-hybridized carbons (Fsp3) is 0.467. The molecule has 2 N–H and O–H groups in total. The maximum atomic E-state index is 9.94. The van der Waals surface area contributed by atoms with Crippen LogP contribution in [0.2, 0.25) is 0 Å². The number of rotatable bonds is 7. The lowest BCUT2D eigenvalue weighted by Crippen LogP contribution is -2.42. The molecule has 3 heteroatoms. The molecule has 3 atom stereocenters. The van der Waals surface area contributed by atoms with E-state index >= 15 is 0 Å². The average Bonchev–Trinajstić information content (AvgIpc) is 2.39. The zero-order valence-electron chi connectivity index (χ0n) is 11.0. The van der Waals surface area contributed by atoms with Crippen LogP contribution in [0.25, 0.3) is 0 Å². The third-order valence-corrected chi connectivity index (χ3v) is 3.04. The molecule has 1 aromatic carbocycles. The van der Waals surface area contributed by atoms with Gasteiger partial charge in [0.05, 0.1) is 19.3 Å². The van der Waals surface area contributed by atoms with E-state index in [-0.39, 0.29) is 5.92 Å². The van der Waals surface area contributed by atoms with Gasteiger partial charge in [-0.3, -0.25) is 0 Å². The minimum Gasteiger partial charge on any atom is -0.389 e. The fourth-order valence-corrected chi connectivity index (χ4v) is 1.72. The summed E-state index contributed by atoms with van der Waals surface area (Å²) in [6, 6.07) is 9.85. The van der Waals surface area contributed by atoms with Crippen molar-refractivity contribution in [3.05, 3.63) is 48.6 Å². The highest BCUT2D eigenvalue weighted by Gasteiger charge is 2.31. The second-order valence-corrected chi connectivity index (χ2v) is 4.85. The van der Waals surface area contributed by atoms with Gasteiger partial charge in [0.25, 0.3) is 0 Å². The fourth-order valence-electron chi connectivity index (χ4n) is 1.72. The van der Waals surface area contributed by atoms with Crippen LogP contribution in [-0.4, -0.2) is 28.5 Å². The highest BCUT2D eigenvalue weighted by molar-refractivity contribution is 5.13. The number of benzene rings is 1. The quantitative estimate of drug-likeness (QED) is 0.729. The van der Waals surface area contributed by atoms with Gasteiger partial charge in [0, 0.05) is 5.92 Å². The second-order valence-electron chi connectivity index (χ2n) is 4.85. The molecule has 0 aliphatic carbocycles. The Kier molecular flexibility index (Phi) is 5.54. The van der Waals surface area contributed by atoms with Gasteiger partial charge < -0.3 is 14.9 Å². The maximum absolute atomic E-state index is 9.94. The summed E-state index contributed by atoms with van der Waals surface area (Å²) in [4.78, 5) is 0. The average molecular weight is 250 g/mol. The second kappa shape index (κ2) is 6.69. The van der Waals surface area contributed by atoms with E-state index in [1.165, 1.54) is 6.08 Å². The Morgan fingerprint density at radius 3 is 2.56 bits per heavy atom. The predicted octanol–water partition coefficient (Wildman–Crippen LogP) is 2.14. The van der Waals surface area contributed by atoms with Crippen molar-refractivity contribution in [3.63, 3.8) is 0 Å². The van der Waals surface area contributed by atoms with Crippen molar-refractivity contribution in [1.29, 1.82) is 0 Å². The smallest absolute Gasteiger partial charge is 0.106 e. The molecule has 0 bridgehead atoms. The highest BCUT2D eigenvalue weighted by Crippen LogP contribution is 2.19. The largest absolute Gasteiger partial charge is 0.389 e. The van der Waals surface area contributed by atoms with Crippen molar-refractivity contribution in [3.8, 4) is 0 Å². The summed E-state index contributed by atoms with van der Waals surface area (Å²) in [5, 5.41) is 19.8. The molecule has 0 unspecified atom stereocenters. The third kappa shape index (κ3) is 4.26. The topological polar surface area (TPSA) is 49.7 Å². The predicted molar refractivity (Wildman–Crippen MR) is 72.1 cm³/mol. The monoisotopic (exact) mass is 250 g/mol. The van der Waals surface area contributed by atoms with Gasteiger partial charge >= 0.3 is 0 Å². The first-order chi connectivity index (χ1) is 8.47. The summed E-state index contributed by atoms with van der Waals surface area (Å²) in [6.45, 7) is 7.79. The van der Waals surface area contributed by atoms with E-state index in [9.17, 15) is 10.2 Å². The zero-order valence-corrected chi connectivity index (χ0v) is 11.0. The summed E-state index contributed by atoms with van der Waals surface area (Å²) < 4.78 is 5.54. The molecule has 0 aliphatic rings. The first kappa shape index (κ1) is 14.9. The van der Waals surface area contributed by atoms with Crippen molar-refractivity contribution < 1.29 is 14.9 Å². The van der Waals surface area contributed by atoms with E-state index in [1.54, 1.807) is 6.92 Å². The molecular weight excluding hydrogens is 228 g/mol. The number of aliphatic hydroxyl groups excluding tert-OH is 1. The Balaban J connectivity index is 2.37. The van der Waals surface area contributed by atoms with Gasteiger partial charge in [-0.05, 0) is 12.5 Å². The molecule has 0 heterocycles.